The number of imide groups is 1. The molecule has 0 saturated carbocycles. The Kier molecular flexibility index (Phi) is 4.78. The van der Waals surface area contributed by atoms with Gasteiger partial charge in [0.1, 0.15) is 5.54 Å². The summed E-state index contributed by atoms with van der Waals surface area (Å²) in [6.07, 6.45) is 4.34. The average molecular weight is 340 g/mol. The van der Waals surface area contributed by atoms with E-state index in [1.165, 1.54) is 17.7 Å². The first-order chi connectivity index (χ1) is 12.0. The molecule has 3 rings (SSSR count). The third-order valence-corrected chi connectivity index (χ3v) is 5.47. The Hall–Kier alpha value is -2.39. The quantitative estimate of drug-likeness (QED) is 0.853. The van der Waals surface area contributed by atoms with Crippen LogP contribution >= 0.6 is 0 Å². The van der Waals surface area contributed by atoms with Gasteiger partial charge in [0.15, 0.2) is 0 Å². The number of carbonyl (C=O) groups is 2. The maximum atomic E-state index is 12.9. The van der Waals surface area contributed by atoms with Gasteiger partial charge in [-0.2, -0.15) is 5.26 Å². The number of carbonyl (C=O) groups excluding carboxylic acids is 2. The van der Waals surface area contributed by atoms with Crippen molar-refractivity contribution in [2.24, 2.45) is 0 Å². The van der Waals surface area contributed by atoms with Gasteiger partial charge in [-0.25, -0.2) is 4.79 Å². The molecule has 2 fully saturated rings. The molecule has 1 N–H and O–H groups in total. The lowest BCUT2D eigenvalue weighted by molar-refractivity contribution is -0.131. The minimum atomic E-state index is -1.07. The van der Waals surface area contributed by atoms with Gasteiger partial charge in [-0.1, -0.05) is 18.6 Å². The average Bonchev–Trinajstić information content (AvgIpc) is 2.84. The zero-order valence-electron chi connectivity index (χ0n) is 14.8. The lowest BCUT2D eigenvalue weighted by atomic mass is 9.91. The van der Waals surface area contributed by atoms with Crippen LogP contribution in [0.5, 0.6) is 0 Å². The minimum Gasteiger partial charge on any atom is -0.319 e. The fourth-order valence-electron chi connectivity index (χ4n) is 3.76. The highest BCUT2D eigenvalue weighted by Gasteiger charge is 2.48. The molecular formula is C19H24N4O2. The van der Waals surface area contributed by atoms with Crippen LogP contribution in [0.1, 0.15) is 43.7 Å². The Morgan fingerprint density at radius 2 is 2.00 bits per heavy atom. The SMILES string of the molecule is CN1CCCC[C@H]1CCN1C(=O)N[C@](C)(c2ccc(C#N)cc2)C1=O. The van der Waals surface area contributed by atoms with Crippen LogP contribution in [0.2, 0.25) is 0 Å². The topological polar surface area (TPSA) is 76.4 Å². The first-order valence-electron chi connectivity index (χ1n) is 8.80. The predicted molar refractivity (Wildman–Crippen MR) is 93.6 cm³/mol. The number of likely N-dealkylation sites (tertiary alicyclic amines) is 1. The van der Waals surface area contributed by atoms with Crippen LogP contribution in [0.15, 0.2) is 24.3 Å². The van der Waals surface area contributed by atoms with E-state index in [2.05, 4.69) is 23.3 Å². The molecule has 0 aromatic heterocycles. The van der Waals surface area contributed by atoms with Crippen molar-refractivity contribution < 1.29 is 9.59 Å². The van der Waals surface area contributed by atoms with Gasteiger partial charge in [-0.15, -0.1) is 0 Å². The van der Waals surface area contributed by atoms with Gasteiger partial charge in [-0.3, -0.25) is 9.69 Å². The fraction of sp³-hybridized carbons (Fsp3) is 0.526. The number of urea groups is 1. The van der Waals surface area contributed by atoms with Crippen molar-refractivity contribution in [3.8, 4) is 6.07 Å². The molecule has 132 valence electrons. The highest BCUT2D eigenvalue weighted by Crippen LogP contribution is 2.29. The van der Waals surface area contributed by atoms with E-state index in [9.17, 15) is 9.59 Å². The largest absolute Gasteiger partial charge is 0.325 e. The summed E-state index contributed by atoms with van der Waals surface area (Å²) in [7, 11) is 2.11. The molecular weight excluding hydrogens is 316 g/mol. The van der Waals surface area contributed by atoms with E-state index in [4.69, 9.17) is 5.26 Å². The Morgan fingerprint density at radius 3 is 2.64 bits per heavy atom. The summed E-state index contributed by atoms with van der Waals surface area (Å²) in [5, 5.41) is 11.7. The van der Waals surface area contributed by atoms with Gasteiger partial charge in [0.05, 0.1) is 11.6 Å². The van der Waals surface area contributed by atoms with Crippen molar-refractivity contribution in [1.29, 1.82) is 5.26 Å². The van der Waals surface area contributed by atoms with Gasteiger partial charge >= 0.3 is 6.03 Å². The Bertz CT molecular complexity index is 709. The second-order valence-electron chi connectivity index (χ2n) is 7.12. The molecule has 0 bridgehead atoms. The third-order valence-electron chi connectivity index (χ3n) is 5.47. The summed E-state index contributed by atoms with van der Waals surface area (Å²) in [6, 6.07) is 8.94. The first-order valence-corrected chi connectivity index (χ1v) is 8.80. The molecule has 2 aliphatic rings. The summed E-state index contributed by atoms with van der Waals surface area (Å²) in [5.74, 6) is -0.222. The van der Waals surface area contributed by atoms with E-state index in [1.807, 2.05) is 0 Å². The molecule has 2 aliphatic heterocycles. The van der Waals surface area contributed by atoms with Crippen LogP contribution in [0.3, 0.4) is 0 Å². The summed E-state index contributed by atoms with van der Waals surface area (Å²) in [4.78, 5) is 28.9. The molecule has 25 heavy (non-hydrogen) atoms. The molecule has 0 unspecified atom stereocenters. The first kappa shape index (κ1) is 17.4. The summed E-state index contributed by atoms with van der Waals surface area (Å²) in [5.41, 5.74) is 0.159. The smallest absolute Gasteiger partial charge is 0.319 e. The van der Waals surface area contributed by atoms with Gasteiger partial charge in [-0.05, 0) is 57.5 Å². The van der Waals surface area contributed by atoms with Crippen LogP contribution in [0, 0.1) is 11.3 Å². The van der Waals surface area contributed by atoms with Crippen molar-refractivity contribution >= 4 is 11.9 Å². The van der Waals surface area contributed by atoms with E-state index < -0.39 is 5.54 Å². The Balaban J connectivity index is 1.71. The van der Waals surface area contributed by atoms with Crippen LogP contribution in [0.4, 0.5) is 4.79 Å². The Labute approximate surface area is 148 Å². The van der Waals surface area contributed by atoms with Crippen molar-refractivity contribution in [3.63, 3.8) is 0 Å². The highest BCUT2D eigenvalue weighted by molar-refractivity contribution is 6.07. The van der Waals surface area contributed by atoms with Gasteiger partial charge in [0.2, 0.25) is 0 Å². The van der Waals surface area contributed by atoms with Crippen LogP contribution in [-0.2, 0) is 10.3 Å². The Morgan fingerprint density at radius 1 is 1.28 bits per heavy atom. The molecule has 2 atom stereocenters. The van der Waals surface area contributed by atoms with Crippen molar-refractivity contribution in [3.05, 3.63) is 35.4 Å². The number of piperidine rings is 1. The van der Waals surface area contributed by atoms with Gasteiger partial charge < -0.3 is 10.2 Å². The predicted octanol–water partition coefficient (Wildman–Crippen LogP) is 2.20. The molecule has 3 amide bonds. The normalized spacial score (nSPS) is 27.2. The summed E-state index contributed by atoms with van der Waals surface area (Å²) in [6.45, 7) is 3.24. The standard InChI is InChI=1S/C19H24N4O2/c1-19(15-8-6-14(13-20)7-9-15)17(24)23(18(25)21-19)12-10-16-5-3-4-11-22(16)2/h6-9,16H,3-5,10-12H2,1-2H3,(H,21,25)/t16-,19+/m0/s1. The lowest BCUT2D eigenvalue weighted by Crippen LogP contribution is -2.42. The minimum absolute atomic E-state index is 0.222. The molecule has 1 aromatic rings. The molecule has 1 aromatic carbocycles. The number of benzene rings is 1. The zero-order valence-corrected chi connectivity index (χ0v) is 14.8. The number of nitrogens with zero attached hydrogens (tertiary/aromatic N) is 3. The maximum Gasteiger partial charge on any atom is 0.325 e. The molecule has 6 heteroatoms. The van der Waals surface area contributed by atoms with E-state index in [0.29, 0.717) is 23.7 Å². The van der Waals surface area contributed by atoms with E-state index in [1.54, 1.807) is 31.2 Å². The van der Waals surface area contributed by atoms with E-state index in [-0.39, 0.29) is 11.9 Å². The number of rotatable bonds is 4. The van der Waals surface area contributed by atoms with Crippen molar-refractivity contribution in [2.45, 2.75) is 44.2 Å². The molecule has 6 nitrogen and oxygen atoms in total. The molecule has 0 spiro atoms. The molecule has 0 radical (unpaired) electrons. The van der Waals surface area contributed by atoms with Crippen molar-refractivity contribution in [1.82, 2.24) is 15.1 Å². The number of nitriles is 1. The van der Waals surface area contributed by atoms with Crippen LogP contribution in [-0.4, -0.2) is 47.9 Å². The second kappa shape index (κ2) is 6.85. The zero-order chi connectivity index (χ0) is 18.0. The van der Waals surface area contributed by atoms with E-state index >= 15 is 0 Å². The third kappa shape index (κ3) is 3.24. The van der Waals surface area contributed by atoms with Gasteiger partial charge in [0.25, 0.3) is 5.91 Å². The highest BCUT2D eigenvalue weighted by atomic mass is 16.2. The second-order valence-corrected chi connectivity index (χ2v) is 7.12. The number of hydrogen-bond donors (Lipinski definition) is 1. The summed E-state index contributed by atoms with van der Waals surface area (Å²) >= 11 is 0. The summed E-state index contributed by atoms with van der Waals surface area (Å²) < 4.78 is 0. The monoisotopic (exact) mass is 340 g/mol. The van der Waals surface area contributed by atoms with Crippen LogP contribution in [0.25, 0.3) is 0 Å². The van der Waals surface area contributed by atoms with Gasteiger partial charge in [0, 0.05) is 12.6 Å². The molecule has 0 aliphatic carbocycles. The lowest BCUT2D eigenvalue weighted by Gasteiger charge is -2.33. The maximum absolute atomic E-state index is 12.9. The number of nitrogens with one attached hydrogen (secondary N) is 1. The number of amides is 3. The molecule has 2 saturated heterocycles. The van der Waals surface area contributed by atoms with E-state index in [0.717, 1.165) is 19.4 Å². The molecule has 2 heterocycles. The van der Waals surface area contributed by atoms with Crippen LogP contribution < -0.4 is 5.32 Å². The fourth-order valence-corrected chi connectivity index (χ4v) is 3.76. The van der Waals surface area contributed by atoms with Crippen molar-refractivity contribution in [2.75, 3.05) is 20.1 Å². The number of hydrogen-bond acceptors (Lipinski definition) is 4.